The zero-order chi connectivity index (χ0) is 8.55. The number of furan rings is 1. The van der Waals surface area contributed by atoms with E-state index in [1.165, 1.54) is 0 Å². The third kappa shape index (κ3) is 1.26. The van der Waals surface area contributed by atoms with Crippen molar-refractivity contribution in [2.75, 3.05) is 20.1 Å². The van der Waals surface area contributed by atoms with E-state index in [0.29, 0.717) is 5.92 Å². The van der Waals surface area contributed by atoms with Crippen LogP contribution in [0.3, 0.4) is 0 Å². The lowest BCUT2D eigenvalue weighted by Crippen LogP contribution is -2.27. The molecule has 1 aromatic heterocycles. The van der Waals surface area contributed by atoms with Crippen LogP contribution in [0.5, 0.6) is 0 Å². The maximum Gasteiger partial charge on any atom is 0.109 e. The lowest BCUT2D eigenvalue weighted by molar-refractivity contribution is 0.396. The van der Waals surface area contributed by atoms with Crippen molar-refractivity contribution in [3.8, 4) is 0 Å². The van der Waals surface area contributed by atoms with Crippen molar-refractivity contribution in [2.24, 2.45) is 5.73 Å². The lowest BCUT2D eigenvalue weighted by Gasteiger charge is -2.09. The summed E-state index contributed by atoms with van der Waals surface area (Å²) in [6.45, 7) is 1.97. The second kappa shape index (κ2) is 2.92. The Kier molecular flexibility index (Phi) is 1.90. The first-order chi connectivity index (χ1) is 5.77. The van der Waals surface area contributed by atoms with E-state index in [-0.39, 0.29) is 6.04 Å². The van der Waals surface area contributed by atoms with Gasteiger partial charge in [0.05, 0.1) is 6.26 Å². The van der Waals surface area contributed by atoms with Gasteiger partial charge in [0.2, 0.25) is 0 Å². The minimum absolute atomic E-state index is 0.223. The maximum atomic E-state index is 5.96. The van der Waals surface area contributed by atoms with Crippen molar-refractivity contribution in [3.63, 3.8) is 0 Å². The van der Waals surface area contributed by atoms with Crippen LogP contribution in [0.1, 0.15) is 11.7 Å². The maximum absolute atomic E-state index is 5.96. The SMILES string of the molecule is CN1C[C@@H](N)[C@H](c2ccco2)C1. The van der Waals surface area contributed by atoms with Gasteiger partial charge in [-0.15, -0.1) is 0 Å². The van der Waals surface area contributed by atoms with Crippen LogP contribution in [0, 0.1) is 0 Å². The average molecular weight is 166 g/mol. The van der Waals surface area contributed by atoms with E-state index in [9.17, 15) is 0 Å². The van der Waals surface area contributed by atoms with Gasteiger partial charge in [-0.25, -0.2) is 0 Å². The smallest absolute Gasteiger partial charge is 0.109 e. The van der Waals surface area contributed by atoms with Crippen molar-refractivity contribution >= 4 is 0 Å². The summed E-state index contributed by atoms with van der Waals surface area (Å²) in [6.07, 6.45) is 1.71. The van der Waals surface area contributed by atoms with Crippen LogP contribution in [0.4, 0.5) is 0 Å². The third-order valence-corrected chi connectivity index (χ3v) is 2.46. The van der Waals surface area contributed by atoms with Gasteiger partial charge >= 0.3 is 0 Å². The summed E-state index contributed by atoms with van der Waals surface area (Å²) in [7, 11) is 2.09. The van der Waals surface area contributed by atoms with Crippen molar-refractivity contribution in [2.45, 2.75) is 12.0 Å². The van der Waals surface area contributed by atoms with Crippen LogP contribution in [-0.2, 0) is 0 Å². The van der Waals surface area contributed by atoms with Crippen LogP contribution in [0.2, 0.25) is 0 Å². The summed E-state index contributed by atoms with van der Waals surface area (Å²) < 4.78 is 5.33. The predicted octanol–water partition coefficient (Wildman–Crippen LogP) is 0.636. The number of likely N-dealkylation sites (tertiary alicyclic amines) is 1. The Morgan fingerprint density at radius 2 is 2.42 bits per heavy atom. The van der Waals surface area contributed by atoms with E-state index in [4.69, 9.17) is 10.2 Å². The topological polar surface area (TPSA) is 42.4 Å². The number of hydrogen-bond donors (Lipinski definition) is 1. The molecule has 1 aromatic rings. The number of nitrogens with two attached hydrogens (primary N) is 1. The van der Waals surface area contributed by atoms with Crippen molar-refractivity contribution in [1.29, 1.82) is 0 Å². The fourth-order valence-electron chi connectivity index (χ4n) is 1.84. The van der Waals surface area contributed by atoms with Gasteiger partial charge in [0.25, 0.3) is 0 Å². The molecule has 3 heteroatoms. The van der Waals surface area contributed by atoms with Gasteiger partial charge in [-0.2, -0.15) is 0 Å². The first-order valence-electron chi connectivity index (χ1n) is 4.25. The minimum atomic E-state index is 0.223. The Morgan fingerprint density at radius 1 is 1.58 bits per heavy atom. The molecule has 1 saturated heterocycles. The Morgan fingerprint density at radius 3 is 2.92 bits per heavy atom. The number of hydrogen-bond acceptors (Lipinski definition) is 3. The second-order valence-corrected chi connectivity index (χ2v) is 3.51. The molecule has 0 spiro atoms. The molecule has 1 aliphatic heterocycles. The summed E-state index contributed by atoms with van der Waals surface area (Å²) in [4.78, 5) is 2.23. The largest absolute Gasteiger partial charge is 0.469 e. The summed E-state index contributed by atoms with van der Waals surface area (Å²) >= 11 is 0. The van der Waals surface area contributed by atoms with Crippen LogP contribution >= 0.6 is 0 Å². The summed E-state index contributed by atoms with van der Waals surface area (Å²) in [6, 6.07) is 4.14. The molecule has 0 aliphatic carbocycles. The van der Waals surface area contributed by atoms with Crippen LogP contribution < -0.4 is 5.73 Å². The average Bonchev–Trinajstić information content (AvgIpc) is 2.58. The van der Waals surface area contributed by atoms with Gasteiger partial charge in [0.15, 0.2) is 0 Å². The summed E-state index contributed by atoms with van der Waals surface area (Å²) in [5.74, 6) is 1.40. The van der Waals surface area contributed by atoms with Gasteiger partial charge in [-0.05, 0) is 19.2 Å². The molecule has 2 N–H and O–H groups in total. The molecule has 12 heavy (non-hydrogen) atoms. The standard InChI is InChI=1S/C9H14N2O/c1-11-5-7(8(10)6-11)9-3-2-4-12-9/h2-4,7-8H,5-6,10H2,1H3/t7-,8-/m1/s1. The number of nitrogens with zero attached hydrogens (tertiary/aromatic N) is 1. The van der Waals surface area contributed by atoms with E-state index in [0.717, 1.165) is 18.8 Å². The third-order valence-electron chi connectivity index (χ3n) is 2.46. The highest BCUT2D eigenvalue weighted by molar-refractivity contribution is 5.12. The van der Waals surface area contributed by atoms with Gasteiger partial charge in [0.1, 0.15) is 5.76 Å². The normalized spacial score (nSPS) is 31.2. The van der Waals surface area contributed by atoms with E-state index in [2.05, 4.69) is 11.9 Å². The fourth-order valence-corrected chi connectivity index (χ4v) is 1.84. The van der Waals surface area contributed by atoms with Crippen molar-refractivity contribution < 1.29 is 4.42 Å². The highest BCUT2D eigenvalue weighted by Crippen LogP contribution is 2.25. The van der Waals surface area contributed by atoms with E-state index in [1.54, 1.807) is 6.26 Å². The molecule has 2 heterocycles. The molecule has 0 bridgehead atoms. The fraction of sp³-hybridized carbons (Fsp3) is 0.556. The van der Waals surface area contributed by atoms with Crippen LogP contribution in [-0.4, -0.2) is 31.1 Å². The first kappa shape index (κ1) is 7.83. The minimum Gasteiger partial charge on any atom is -0.469 e. The highest BCUT2D eigenvalue weighted by Gasteiger charge is 2.30. The molecule has 0 aromatic carbocycles. The number of rotatable bonds is 1. The molecule has 2 atom stereocenters. The molecule has 0 radical (unpaired) electrons. The predicted molar refractivity (Wildman–Crippen MR) is 46.9 cm³/mol. The monoisotopic (exact) mass is 166 g/mol. The van der Waals surface area contributed by atoms with E-state index in [1.807, 2.05) is 12.1 Å². The van der Waals surface area contributed by atoms with Gasteiger partial charge in [-0.1, -0.05) is 0 Å². The van der Waals surface area contributed by atoms with Crippen LogP contribution in [0.15, 0.2) is 22.8 Å². The molecule has 1 aliphatic rings. The quantitative estimate of drug-likeness (QED) is 0.665. The zero-order valence-corrected chi connectivity index (χ0v) is 7.23. The Bertz CT molecular complexity index is 245. The van der Waals surface area contributed by atoms with Gasteiger partial charge < -0.3 is 15.1 Å². The van der Waals surface area contributed by atoms with Crippen LogP contribution in [0.25, 0.3) is 0 Å². The lowest BCUT2D eigenvalue weighted by atomic mass is 10.0. The molecule has 1 fully saturated rings. The molecule has 0 amide bonds. The zero-order valence-electron chi connectivity index (χ0n) is 7.23. The second-order valence-electron chi connectivity index (χ2n) is 3.51. The van der Waals surface area contributed by atoms with Gasteiger partial charge in [0, 0.05) is 25.0 Å². The number of likely N-dealkylation sites (N-methyl/N-ethyl adjacent to an activating group) is 1. The molecule has 3 nitrogen and oxygen atoms in total. The summed E-state index contributed by atoms with van der Waals surface area (Å²) in [5.41, 5.74) is 5.96. The van der Waals surface area contributed by atoms with Crippen molar-refractivity contribution in [1.82, 2.24) is 4.90 Å². The van der Waals surface area contributed by atoms with Gasteiger partial charge in [-0.3, -0.25) is 0 Å². The van der Waals surface area contributed by atoms with Crippen molar-refractivity contribution in [3.05, 3.63) is 24.2 Å². The Labute approximate surface area is 72.1 Å². The first-order valence-corrected chi connectivity index (χ1v) is 4.25. The molecule has 0 unspecified atom stereocenters. The Hall–Kier alpha value is -0.800. The van der Waals surface area contributed by atoms with E-state index < -0.39 is 0 Å². The summed E-state index contributed by atoms with van der Waals surface area (Å²) in [5, 5.41) is 0. The highest BCUT2D eigenvalue weighted by atomic mass is 16.3. The molecule has 66 valence electrons. The molecule has 2 rings (SSSR count). The molecular weight excluding hydrogens is 152 g/mol. The van der Waals surface area contributed by atoms with E-state index >= 15 is 0 Å². The Balaban J connectivity index is 2.15. The molecule has 0 saturated carbocycles. The molecular formula is C9H14N2O.